The molecule has 0 aromatic heterocycles. The Balaban J connectivity index is 1.39. The Kier molecular flexibility index (Phi) is 5.77. The van der Waals surface area contributed by atoms with Gasteiger partial charge in [0.15, 0.2) is 0 Å². The second-order valence-electron chi connectivity index (χ2n) is 7.22. The molecule has 4 nitrogen and oxygen atoms in total. The number of likely N-dealkylation sites (tertiary alicyclic amines) is 1. The lowest BCUT2D eigenvalue weighted by Crippen LogP contribution is -2.30. The Labute approximate surface area is 144 Å². The normalized spacial score (nSPS) is 21.4. The van der Waals surface area contributed by atoms with E-state index in [1.807, 2.05) is 11.8 Å². The van der Waals surface area contributed by atoms with E-state index >= 15 is 0 Å². The fraction of sp³-hybridized carbons (Fsp3) is 0.650. The third kappa shape index (κ3) is 4.29. The number of hydrogen-bond donors (Lipinski definition) is 1. The highest BCUT2D eigenvalue weighted by atomic mass is 16.5. The van der Waals surface area contributed by atoms with E-state index in [0.717, 1.165) is 31.6 Å². The largest absolute Gasteiger partial charge is 0.494 e. The number of carbonyl (C=O) groups is 1. The Hall–Kier alpha value is -1.55. The van der Waals surface area contributed by atoms with Crippen LogP contribution in [0.1, 0.15) is 50.2 Å². The quantitative estimate of drug-likeness (QED) is 0.815. The molecule has 1 heterocycles. The first kappa shape index (κ1) is 17.3. The molecule has 3 rings (SSSR count). The molecule has 0 spiro atoms. The van der Waals surface area contributed by atoms with E-state index in [9.17, 15) is 9.90 Å². The van der Waals surface area contributed by atoms with E-state index in [1.54, 1.807) is 0 Å². The number of carbonyl (C=O) groups excluding carboxylic acids is 1. The van der Waals surface area contributed by atoms with Crippen molar-refractivity contribution >= 4 is 5.91 Å². The van der Waals surface area contributed by atoms with E-state index in [4.69, 9.17) is 4.74 Å². The summed E-state index contributed by atoms with van der Waals surface area (Å²) in [5.41, 5.74) is 2.89. The number of benzene rings is 1. The smallest absolute Gasteiger partial charge is 0.222 e. The molecule has 0 saturated carbocycles. The lowest BCUT2D eigenvalue weighted by atomic mass is 9.92. The second kappa shape index (κ2) is 8.02. The van der Waals surface area contributed by atoms with Crippen molar-refractivity contribution in [1.82, 2.24) is 4.90 Å². The number of fused-ring (bicyclic) bond motifs is 1. The van der Waals surface area contributed by atoms with E-state index in [0.29, 0.717) is 19.6 Å². The Morgan fingerprint density at radius 2 is 2.12 bits per heavy atom. The van der Waals surface area contributed by atoms with Crippen LogP contribution in [-0.2, 0) is 17.6 Å². The van der Waals surface area contributed by atoms with Crippen LogP contribution >= 0.6 is 0 Å². The molecule has 1 N–H and O–H groups in total. The van der Waals surface area contributed by atoms with Crippen molar-refractivity contribution in [2.75, 3.05) is 19.7 Å². The predicted molar refractivity (Wildman–Crippen MR) is 94.2 cm³/mol. The van der Waals surface area contributed by atoms with Crippen LogP contribution < -0.4 is 4.74 Å². The number of ether oxygens (including phenoxy) is 1. The summed E-state index contributed by atoms with van der Waals surface area (Å²) in [4.78, 5) is 14.1. The maximum Gasteiger partial charge on any atom is 0.222 e. The Bertz CT molecular complexity index is 570. The van der Waals surface area contributed by atoms with E-state index in [-0.39, 0.29) is 17.9 Å². The van der Waals surface area contributed by atoms with Gasteiger partial charge < -0.3 is 14.7 Å². The zero-order valence-electron chi connectivity index (χ0n) is 14.7. The van der Waals surface area contributed by atoms with Gasteiger partial charge in [-0.2, -0.15) is 0 Å². The van der Waals surface area contributed by atoms with Crippen molar-refractivity contribution < 1.29 is 14.6 Å². The van der Waals surface area contributed by atoms with Gasteiger partial charge in [0.25, 0.3) is 0 Å². The van der Waals surface area contributed by atoms with Crippen molar-refractivity contribution in [3.8, 4) is 5.75 Å². The van der Waals surface area contributed by atoms with E-state index < -0.39 is 0 Å². The molecular weight excluding hydrogens is 302 g/mol. The molecule has 132 valence electrons. The molecule has 0 radical (unpaired) electrons. The van der Waals surface area contributed by atoms with Gasteiger partial charge in [-0.3, -0.25) is 4.79 Å². The van der Waals surface area contributed by atoms with Gasteiger partial charge in [0.1, 0.15) is 5.75 Å². The average molecular weight is 331 g/mol. The lowest BCUT2D eigenvalue weighted by molar-refractivity contribution is -0.130. The van der Waals surface area contributed by atoms with Crippen LogP contribution in [-0.4, -0.2) is 41.7 Å². The zero-order valence-corrected chi connectivity index (χ0v) is 14.7. The molecule has 4 heteroatoms. The van der Waals surface area contributed by atoms with Crippen LogP contribution in [0, 0.1) is 5.92 Å². The summed E-state index contributed by atoms with van der Waals surface area (Å²) in [5, 5.41) is 9.62. The minimum Gasteiger partial charge on any atom is -0.494 e. The van der Waals surface area contributed by atoms with Crippen LogP contribution in [0.25, 0.3) is 0 Å². The van der Waals surface area contributed by atoms with Gasteiger partial charge in [-0.05, 0) is 68.7 Å². The SMILES string of the molecule is CC(O)C1CCN(C(=O)CCCOc2ccc3c(c2)CCCC3)C1. The van der Waals surface area contributed by atoms with Gasteiger partial charge in [-0.15, -0.1) is 0 Å². The van der Waals surface area contributed by atoms with E-state index in [2.05, 4.69) is 18.2 Å². The first-order valence-corrected chi connectivity index (χ1v) is 9.34. The second-order valence-corrected chi connectivity index (χ2v) is 7.22. The maximum absolute atomic E-state index is 12.2. The lowest BCUT2D eigenvalue weighted by Gasteiger charge is -2.18. The molecule has 2 unspecified atom stereocenters. The number of hydrogen-bond acceptors (Lipinski definition) is 3. The number of aryl methyl sites for hydroxylation is 2. The molecule has 1 aliphatic heterocycles. The number of aliphatic hydroxyl groups is 1. The summed E-state index contributed by atoms with van der Waals surface area (Å²) in [6.45, 7) is 3.87. The number of rotatable bonds is 6. The summed E-state index contributed by atoms with van der Waals surface area (Å²) in [5.74, 6) is 1.35. The number of nitrogens with zero attached hydrogens (tertiary/aromatic N) is 1. The molecule has 1 amide bonds. The predicted octanol–water partition coefficient (Wildman–Crippen LogP) is 2.95. The Morgan fingerprint density at radius 1 is 1.33 bits per heavy atom. The van der Waals surface area contributed by atoms with Crippen molar-refractivity contribution in [2.24, 2.45) is 5.92 Å². The van der Waals surface area contributed by atoms with Crippen molar-refractivity contribution in [3.63, 3.8) is 0 Å². The van der Waals surface area contributed by atoms with Gasteiger partial charge in [0, 0.05) is 25.4 Å². The minimum absolute atomic E-state index is 0.187. The molecule has 24 heavy (non-hydrogen) atoms. The molecule has 2 atom stereocenters. The molecule has 2 aliphatic rings. The summed E-state index contributed by atoms with van der Waals surface area (Å²) in [6.07, 6.45) is 6.77. The third-order valence-corrected chi connectivity index (χ3v) is 5.38. The number of aliphatic hydroxyl groups excluding tert-OH is 1. The summed E-state index contributed by atoms with van der Waals surface area (Å²) in [6, 6.07) is 6.42. The van der Waals surface area contributed by atoms with Crippen LogP contribution in [0.4, 0.5) is 0 Å². The molecule has 0 bridgehead atoms. The number of amides is 1. The molecular formula is C20H29NO3. The first-order valence-electron chi connectivity index (χ1n) is 9.34. The fourth-order valence-electron chi connectivity index (χ4n) is 3.78. The van der Waals surface area contributed by atoms with Crippen LogP contribution in [0.3, 0.4) is 0 Å². The first-order chi connectivity index (χ1) is 11.6. The summed E-state index contributed by atoms with van der Waals surface area (Å²) >= 11 is 0. The van der Waals surface area contributed by atoms with Crippen molar-refractivity contribution in [3.05, 3.63) is 29.3 Å². The van der Waals surface area contributed by atoms with Crippen LogP contribution in [0.2, 0.25) is 0 Å². The summed E-state index contributed by atoms with van der Waals surface area (Å²) < 4.78 is 5.83. The molecule has 1 aromatic rings. The van der Waals surface area contributed by atoms with Gasteiger partial charge >= 0.3 is 0 Å². The standard InChI is InChI=1S/C20H29NO3/c1-15(22)18-10-11-21(14-18)20(23)7-4-12-24-19-9-8-16-5-2-3-6-17(16)13-19/h8-9,13,15,18,22H,2-7,10-12,14H2,1H3. The molecule has 1 fully saturated rings. The average Bonchev–Trinajstić information content (AvgIpc) is 3.09. The zero-order chi connectivity index (χ0) is 16.9. The van der Waals surface area contributed by atoms with Gasteiger partial charge in [0.2, 0.25) is 5.91 Å². The fourth-order valence-corrected chi connectivity index (χ4v) is 3.78. The minimum atomic E-state index is -0.324. The van der Waals surface area contributed by atoms with E-state index in [1.165, 1.54) is 30.4 Å². The highest BCUT2D eigenvalue weighted by Crippen LogP contribution is 2.25. The maximum atomic E-state index is 12.2. The van der Waals surface area contributed by atoms with Crippen LogP contribution in [0.5, 0.6) is 5.75 Å². The van der Waals surface area contributed by atoms with Gasteiger partial charge in [-0.25, -0.2) is 0 Å². The highest BCUT2D eigenvalue weighted by molar-refractivity contribution is 5.76. The van der Waals surface area contributed by atoms with Gasteiger partial charge in [0.05, 0.1) is 12.7 Å². The summed E-state index contributed by atoms with van der Waals surface area (Å²) in [7, 11) is 0. The van der Waals surface area contributed by atoms with Crippen molar-refractivity contribution in [1.29, 1.82) is 0 Å². The third-order valence-electron chi connectivity index (χ3n) is 5.38. The molecule has 1 saturated heterocycles. The molecule has 1 aliphatic carbocycles. The monoisotopic (exact) mass is 331 g/mol. The van der Waals surface area contributed by atoms with Gasteiger partial charge in [-0.1, -0.05) is 6.07 Å². The van der Waals surface area contributed by atoms with Crippen molar-refractivity contribution in [2.45, 2.75) is 58.0 Å². The van der Waals surface area contributed by atoms with Crippen LogP contribution in [0.15, 0.2) is 18.2 Å². The molecule has 1 aromatic carbocycles. The Morgan fingerprint density at radius 3 is 2.88 bits per heavy atom. The highest BCUT2D eigenvalue weighted by Gasteiger charge is 2.28. The topological polar surface area (TPSA) is 49.8 Å².